The Morgan fingerprint density at radius 3 is 2.89 bits per heavy atom. The van der Waals surface area contributed by atoms with Gasteiger partial charge in [0.25, 0.3) is 0 Å². The Balaban J connectivity index is 2.54. The number of carbonyl (C=O) groups is 2. The fourth-order valence-corrected chi connectivity index (χ4v) is 2.29. The first-order valence-electron chi connectivity index (χ1n) is 6.74. The summed E-state index contributed by atoms with van der Waals surface area (Å²) in [5, 5.41) is 2.87. The van der Waals surface area contributed by atoms with E-state index < -0.39 is 0 Å². The summed E-state index contributed by atoms with van der Waals surface area (Å²) in [7, 11) is 3.04. The molecule has 1 unspecified atom stereocenters. The molecule has 0 aromatic rings. The highest BCUT2D eigenvalue weighted by Crippen LogP contribution is 2.14. The quantitative estimate of drug-likeness (QED) is 0.669. The molecule has 1 amide bonds. The monoisotopic (exact) mass is 272 g/mol. The Labute approximate surface area is 114 Å². The van der Waals surface area contributed by atoms with E-state index in [-0.39, 0.29) is 17.9 Å². The molecule has 0 aliphatic carbocycles. The van der Waals surface area contributed by atoms with E-state index >= 15 is 0 Å². The fraction of sp³-hybridized carbons (Fsp3) is 0.846. The molecule has 1 rings (SSSR count). The highest BCUT2D eigenvalue weighted by Gasteiger charge is 2.23. The van der Waals surface area contributed by atoms with Gasteiger partial charge in [0.1, 0.15) is 0 Å². The summed E-state index contributed by atoms with van der Waals surface area (Å²) in [6.45, 7) is 2.67. The third-order valence-electron chi connectivity index (χ3n) is 3.39. The van der Waals surface area contributed by atoms with Gasteiger partial charge in [-0.1, -0.05) is 0 Å². The SMILES string of the molecule is COCCN(CCC(=O)OC)C1CCCNC(=O)C1. The summed E-state index contributed by atoms with van der Waals surface area (Å²) in [6, 6.07) is 0.183. The van der Waals surface area contributed by atoms with Crippen molar-refractivity contribution in [3.05, 3.63) is 0 Å². The maximum absolute atomic E-state index is 11.6. The molecule has 1 fully saturated rings. The van der Waals surface area contributed by atoms with Crippen LogP contribution in [0.1, 0.15) is 25.7 Å². The van der Waals surface area contributed by atoms with Crippen LogP contribution in [0, 0.1) is 0 Å². The first-order valence-corrected chi connectivity index (χ1v) is 6.74. The maximum Gasteiger partial charge on any atom is 0.306 e. The van der Waals surface area contributed by atoms with Crippen molar-refractivity contribution < 1.29 is 19.1 Å². The van der Waals surface area contributed by atoms with Gasteiger partial charge >= 0.3 is 5.97 Å². The fourth-order valence-electron chi connectivity index (χ4n) is 2.29. The van der Waals surface area contributed by atoms with Crippen molar-refractivity contribution in [3.8, 4) is 0 Å². The Kier molecular flexibility index (Phi) is 7.43. The van der Waals surface area contributed by atoms with Crippen molar-refractivity contribution >= 4 is 11.9 Å². The minimum absolute atomic E-state index is 0.0861. The van der Waals surface area contributed by atoms with Crippen molar-refractivity contribution in [2.24, 2.45) is 0 Å². The third-order valence-corrected chi connectivity index (χ3v) is 3.39. The largest absolute Gasteiger partial charge is 0.469 e. The molecule has 1 aliphatic heterocycles. The number of carbonyl (C=O) groups excluding carboxylic acids is 2. The molecule has 1 N–H and O–H groups in total. The molecule has 0 bridgehead atoms. The van der Waals surface area contributed by atoms with E-state index in [1.54, 1.807) is 7.11 Å². The number of ether oxygens (including phenoxy) is 2. The van der Waals surface area contributed by atoms with E-state index in [0.717, 1.165) is 25.9 Å². The number of nitrogens with zero attached hydrogens (tertiary/aromatic N) is 1. The molecule has 0 radical (unpaired) electrons. The molecule has 19 heavy (non-hydrogen) atoms. The van der Waals surface area contributed by atoms with E-state index in [1.165, 1.54) is 7.11 Å². The first-order chi connectivity index (χ1) is 9.17. The molecule has 0 spiro atoms. The molecule has 6 heteroatoms. The summed E-state index contributed by atoms with van der Waals surface area (Å²) in [6.07, 6.45) is 2.77. The number of amides is 1. The van der Waals surface area contributed by atoms with Crippen LogP contribution < -0.4 is 5.32 Å². The normalized spacial score (nSPS) is 19.9. The van der Waals surface area contributed by atoms with Gasteiger partial charge in [-0.3, -0.25) is 14.5 Å². The summed E-state index contributed by atoms with van der Waals surface area (Å²) in [5.41, 5.74) is 0. The van der Waals surface area contributed by atoms with E-state index in [9.17, 15) is 9.59 Å². The highest BCUT2D eigenvalue weighted by atomic mass is 16.5. The molecule has 0 aromatic carbocycles. The van der Waals surface area contributed by atoms with Crippen LogP contribution in [0.15, 0.2) is 0 Å². The Hall–Kier alpha value is -1.14. The topological polar surface area (TPSA) is 67.9 Å². The molecular formula is C13H24N2O4. The second-order valence-corrected chi connectivity index (χ2v) is 4.71. The molecule has 0 aromatic heterocycles. The molecule has 1 heterocycles. The second-order valence-electron chi connectivity index (χ2n) is 4.71. The Bertz CT molecular complexity index is 296. The number of methoxy groups -OCH3 is 2. The van der Waals surface area contributed by atoms with Crippen LogP contribution in [0.25, 0.3) is 0 Å². The van der Waals surface area contributed by atoms with Crippen molar-refractivity contribution in [2.45, 2.75) is 31.7 Å². The minimum Gasteiger partial charge on any atom is -0.469 e. The van der Waals surface area contributed by atoms with Gasteiger partial charge in [0.15, 0.2) is 0 Å². The Morgan fingerprint density at radius 1 is 1.42 bits per heavy atom. The lowest BCUT2D eigenvalue weighted by molar-refractivity contribution is -0.141. The average molecular weight is 272 g/mol. The van der Waals surface area contributed by atoms with Crippen LogP contribution in [-0.4, -0.2) is 63.3 Å². The van der Waals surface area contributed by atoms with Gasteiger partial charge in [-0.2, -0.15) is 0 Å². The summed E-state index contributed by atoms with van der Waals surface area (Å²) < 4.78 is 9.76. The van der Waals surface area contributed by atoms with Gasteiger partial charge in [0.2, 0.25) is 5.91 Å². The van der Waals surface area contributed by atoms with Crippen LogP contribution in [0.5, 0.6) is 0 Å². The number of esters is 1. The van der Waals surface area contributed by atoms with Gasteiger partial charge in [-0.05, 0) is 12.8 Å². The summed E-state index contributed by atoms with van der Waals surface area (Å²) in [5.74, 6) is -0.136. The zero-order valence-electron chi connectivity index (χ0n) is 11.8. The third kappa shape index (κ3) is 6.02. The van der Waals surface area contributed by atoms with Crippen molar-refractivity contribution in [1.29, 1.82) is 0 Å². The Morgan fingerprint density at radius 2 is 2.21 bits per heavy atom. The minimum atomic E-state index is -0.222. The summed E-state index contributed by atoms with van der Waals surface area (Å²) in [4.78, 5) is 25.0. The van der Waals surface area contributed by atoms with E-state index in [1.807, 2.05) is 0 Å². The van der Waals surface area contributed by atoms with Crippen LogP contribution in [0.4, 0.5) is 0 Å². The number of rotatable bonds is 7. The number of nitrogens with one attached hydrogen (secondary N) is 1. The highest BCUT2D eigenvalue weighted by molar-refractivity contribution is 5.76. The molecule has 1 aliphatic rings. The van der Waals surface area contributed by atoms with Gasteiger partial charge in [0.05, 0.1) is 20.1 Å². The van der Waals surface area contributed by atoms with Crippen LogP contribution in [0.3, 0.4) is 0 Å². The second kappa shape index (κ2) is 8.87. The van der Waals surface area contributed by atoms with Gasteiger partial charge in [0, 0.05) is 39.2 Å². The number of hydrogen-bond acceptors (Lipinski definition) is 5. The smallest absolute Gasteiger partial charge is 0.306 e. The molecule has 1 atom stereocenters. The molecule has 0 saturated carbocycles. The molecular weight excluding hydrogens is 248 g/mol. The van der Waals surface area contributed by atoms with E-state index in [0.29, 0.717) is 26.0 Å². The van der Waals surface area contributed by atoms with Crippen LogP contribution >= 0.6 is 0 Å². The number of hydrogen-bond donors (Lipinski definition) is 1. The molecule has 1 saturated heterocycles. The van der Waals surface area contributed by atoms with Crippen molar-refractivity contribution in [2.75, 3.05) is 40.5 Å². The van der Waals surface area contributed by atoms with Crippen LogP contribution in [-0.2, 0) is 19.1 Å². The van der Waals surface area contributed by atoms with E-state index in [2.05, 4.69) is 15.0 Å². The summed E-state index contributed by atoms with van der Waals surface area (Å²) >= 11 is 0. The standard InChI is InChI=1S/C13H24N2O4/c1-18-9-8-15(7-5-13(17)19-2)11-4-3-6-14-12(16)10-11/h11H,3-10H2,1-2H3,(H,14,16). The average Bonchev–Trinajstić information content (AvgIpc) is 2.63. The molecule has 110 valence electrons. The predicted octanol–water partition coefficient (Wildman–Crippen LogP) is 0.167. The van der Waals surface area contributed by atoms with Gasteiger partial charge in [-0.25, -0.2) is 0 Å². The van der Waals surface area contributed by atoms with Gasteiger partial charge < -0.3 is 14.8 Å². The first kappa shape index (κ1) is 15.9. The van der Waals surface area contributed by atoms with Crippen molar-refractivity contribution in [1.82, 2.24) is 10.2 Å². The van der Waals surface area contributed by atoms with Crippen molar-refractivity contribution in [3.63, 3.8) is 0 Å². The van der Waals surface area contributed by atoms with E-state index in [4.69, 9.17) is 4.74 Å². The lowest BCUT2D eigenvalue weighted by Gasteiger charge is -2.29. The lowest BCUT2D eigenvalue weighted by Crippen LogP contribution is -2.40. The maximum atomic E-state index is 11.6. The van der Waals surface area contributed by atoms with Gasteiger partial charge in [-0.15, -0.1) is 0 Å². The predicted molar refractivity (Wildman–Crippen MR) is 70.7 cm³/mol. The molecule has 6 nitrogen and oxygen atoms in total. The van der Waals surface area contributed by atoms with Crippen LogP contribution in [0.2, 0.25) is 0 Å². The zero-order chi connectivity index (χ0) is 14.1. The zero-order valence-corrected chi connectivity index (χ0v) is 11.8. The lowest BCUT2D eigenvalue weighted by atomic mass is 10.1.